The number of carbonyl (C=O) groups excluding carboxylic acids is 1. The summed E-state index contributed by atoms with van der Waals surface area (Å²) in [5.41, 5.74) is 5.37. The summed E-state index contributed by atoms with van der Waals surface area (Å²) in [6.45, 7) is 6.21. The molecule has 0 bridgehead atoms. The maximum absolute atomic E-state index is 13.3. The molecule has 0 N–H and O–H groups in total. The van der Waals surface area contributed by atoms with Crippen molar-refractivity contribution < 1.29 is 4.79 Å². The Bertz CT molecular complexity index is 1080. The number of nitrogens with zero attached hydrogens (tertiary/aromatic N) is 5. The van der Waals surface area contributed by atoms with E-state index in [-0.39, 0.29) is 11.8 Å². The summed E-state index contributed by atoms with van der Waals surface area (Å²) in [7, 11) is 0. The van der Waals surface area contributed by atoms with Crippen molar-refractivity contribution in [3.05, 3.63) is 72.0 Å². The van der Waals surface area contributed by atoms with Crippen LogP contribution in [-0.2, 0) is 24.4 Å². The number of allylic oxidation sites excluding steroid dienone is 2. The van der Waals surface area contributed by atoms with Crippen molar-refractivity contribution in [2.45, 2.75) is 52.4 Å². The minimum absolute atomic E-state index is 0.0704. The molecule has 0 fully saturated rings. The molecular formula is C24H27N5O. The number of fused-ring (bicyclic) bond motifs is 3. The zero-order valence-electron chi connectivity index (χ0n) is 17.5. The SMILES string of the molecule is CC(C)n1ccc2c1CN(C(=O)C1CC=CC1)Cc1cn(Cc3ccccn3)nc1-2. The van der Waals surface area contributed by atoms with Crippen molar-refractivity contribution in [3.63, 3.8) is 0 Å². The van der Waals surface area contributed by atoms with Crippen molar-refractivity contribution in [1.82, 2.24) is 24.2 Å². The normalized spacial score (nSPS) is 16.0. The van der Waals surface area contributed by atoms with Crippen LogP contribution in [0.15, 0.2) is 55.0 Å². The highest BCUT2D eigenvalue weighted by Crippen LogP contribution is 2.35. The molecule has 0 spiro atoms. The first-order valence-corrected chi connectivity index (χ1v) is 10.7. The molecule has 3 aromatic rings. The van der Waals surface area contributed by atoms with E-state index in [1.807, 2.05) is 27.8 Å². The van der Waals surface area contributed by atoms with Crippen LogP contribution in [0.4, 0.5) is 0 Å². The fourth-order valence-electron chi connectivity index (χ4n) is 4.57. The van der Waals surface area contributed by atoms with Gasteiger partial charge < -0.3 is 9.47 Å². The highest BCUT2D eigenvalue weighted by molar-refractivity contribution is 5.81. The van der Waals surface area contributed by atoms with Crippen LogP contribution in [0.2, 0.25) is 0 Å². The van der Waals surface area contributed by atoms with Crippen LogP contribution in [0.3, 0.4) is 0 Å². The van der Waals surface area contributed by atoms with Gasteiger partial charge in [0.1, 0.15) is 0 Å². The summed E-state index contributed by atoms with van der Waals surface area (Å²) in [5.74, 6) is 0.314. The molecule has 154 valence electrons. The topological polar surface area (TPSA) is 56.0 Å². The average Bonchev–Trinajstić information content (AvgIpc) is 3.47. The summed E-state index contributed by atoms with van der Waals surface area (Å²) >= 11 is 0. The van der Waals surface area contributed by atoms with Gasteiger partial charge in [0.05, 0.1) is 24.5 Å². The third kappa shape index (κ3) is 3.36. The zero-order valence-corrected chi connectivity index (χ0v) is 17.5. The first-order valence-electron chi connectivity index (χ1n) is 10.7. The predicted octanol–water partition coefficient (Wildman–Crippen LogP) is 4.18. The molecule has 0 aromatic carbocycles. The lowest BCUT2D eigenvalue weighted by Crippen LogP contribution is -2.34. The Morgan fingerprint density at radius 2 is 2.00 bits per heavy atom. The van der Waals surface area contributed by atoms with E-state index in [9.17, 15) is 4.79 Å². The summed E-state index contributed by atoms with van der Waals surface area (Å²) in [5, 5.41) is 4.92. The van der Waals surface area contributed by atoms with E-state index in [2.05, 4.69) is 54.0 Å². The number of carbonyl (C=O) groups is 1. The van der Waals surface area contributed by atoms with Crippen LogP contribution in [0.5, 0.6) is 0 Å². The lowest BCUT2D eigenvalue weighted by molar-refractivity contribution is -0.136. The molecule has 0 saturated heterocycles. The van der Waals surface area contributed by atoms with Gasteiger partial charge in [-0.1, -0.05) is 18.2 Å². The molecule has 4 heterocycles. The van der Waals surface area contributed by atoms with Crippen molar-refractivity contribution in [3.8, 4) is 11.3 Å². The largest absolute Gasteiger partial charge is 0.347 e. The summed E-state index contributed by atoms with van der Waals surface area (Å²) in [6, 6.07) is 8.40. The van der Waals surface area contributed by atoms with E-state index in [4.69, 9.17) is 5.10 Å². The molecule has 1 aliphatic heterocycles. The summed E-state index contributed by atoms with van der Waals surface area (Å²) < 4.78 is 4.23. The lowest BCUT2D eigenvalue weighted by atomic mass is 10.1. The van der Waals surface area contributed by atoms with Crippen molar-refractivity contribution in [1.29, 1.82) is 0 Å². The van der Waals surface area contributed by atoms with Gasteiger partial charge >= 0.3 is 0 Å². The van der Waals surface area contributed by atoms with Gasteiger partial charge in [0.2, 0.25) is 5.91 Å². The molecule has 6 heteroatoms. The van der Waals surface area contributed by atoms with E-state index in [0.29, 0.717) is 25.7 Å². The van der Waals surface area contributed by atoms with Crippen molar-refractivity contribution in [2.24, 2.45) is 5.92 Å². The number of amides is 1. The second kappa shape index (κ2) is 7.59. The zero-order chi connectivity index (χ0) is 20.7. The highest BCUT2D eigenvalue weighted by atomic mass is 16.2. The molecule has 0 saturated carbocycles. The predicted molar refractivity (Wildman–Crippen MR) is 115 cm³/mol. The molecular weight excluding hydrogens is 374 g/mol. The van der Waals surface area contributed by atoms with E-state index in [1.165, 1.54) is 5.69 Å². The Kier molecular flexibility index (Phi) is 4.77. The molecule has 30 heavy (non-hydrogen) atoms. The highest BCUT2D eigenvalue weighted by Gasteiger charge is 2.31. The van der Waals surface area contributed by atoms with Crippen LogP contribution in [0, 0.1) is 5.92 Å². The Hall–Kier alpha value is -3.15. The van der Waals surface area contributed by atoms with Gasteiger partial charge in [0.15, 0.2) is 0 Å². The Labute approximate surface area is 176 Å². The van der Waals surface area contributed by atoms with Gasteiger partial charge in [-0.25, -0.2) is 0 Å². The first-order chi connectivity index (χ1) is 14.6. The van der Waals surface area contributed by atoms with E-state index in [0.717, 1.165) is 35.4 Å². The second-order valence-corrected chi connectivity index (χ2v) is 8.53. The third-order valence-electron chi connectivity index (χ3n) is 6.09. The molecule has 2 aliphatic rings. The van der Waals surface area contributed by atoms with Crippen LogP contribution >= 0.6 is 0 Å². The average molecular weight is 402 g/mol. The molecule has 6 nitrogen and oxygen atoms in total. The minimum Gasteiger partial charge on any atom is -0.347 e. The van der Waals surface area contributed by atoms with Gasteiger partial charge in [-0.2, -0.15) is 5.10 Å². The Morgan fingerprint density at radius 3 is 2.73 bits per heavy atom. The maximum atomic E-state index is 13.3. The fourth-order valence-corrected chi connectivity index (χ4v) is 4.57. The van der Waals surface area contributed by atoms with Gasteiger partial charge in [-0.3, -0.25) is 14.5 Å². The smallest absolute Gasteiger partial charge is 0.226 e. The van der Waals surface area contributed by atoms with Gasteiger partial charge in [0.25, 0.3) is 0 Å². The number of hydrogen-bond acceptors (Lipinski definition) is 3. The number of hydrogen-bond donors (Lipinski definition) is 0. The first kappa shape index (κ1) is 18.9. The van der Waals surface area contributed by atoms with E-state index < -0.39 is 0 Å². The van der Waals surface area contributed by atoms with Gasteiger partial charge in [-0.05, 0) is 44.9 Å². The molecule has 0 atom stereocenters. The molecule has 3 aromatic heterocycles. The van der Waals surface area contributed by atoms with E-state index >= 15 is 0 Å². The van der Waals surface area contributed by atoms with E-state index in [1.54, 1.807) is 6.20 Å². The standard InChI is InChI=1S/C24H27N5O/c1-17(2)29-12-10-21-22(29)16-27(24(30)18-7-3-4-8-18)13-19-14-28(26-23(19)21)15-20-9-5-6-11-25-20/h3-6,9-12,14,17-18H,7-8,13,15-16H2,1-2H3. The quantitative estimate of drug-likeness (QED) is 0.616. The second-order valence-electron chi connectivity index (χ2n) is 8.53. The Balaban J connectivity index is 1.54. The minimum atomic E-state index is 0.0704. The lowest BCUT2D eigenvalue weighted by Gasteiger charge is -2.25. The van der Waals surface area contributed by atoms with Gasteiger partial charge in [0, 0.05) is 53.9 Å². The third-order valence-corrected chi connectivity index (χ3v) is 6.09. The van der Waals surface area contributed by atoms with Gasteiger partial charge in [-0.15, -0.1) is 0 Å². The Morgan fingerprint density at radius 1 is 1.17 bits per heavy atom. The summed E-state index contributed by atoms with van der Waals surface area (Å²) in [4.78, 5) is 19.8. The summed E-state index contributed by atoms with van der Waals surface area (Å²) in [6.07, 6.45) is 12.0. The van der Waals surface area contributed by atoms with Crippen molar-refractivity contribution in [2.75, 3.05) is 0 Å². The maximum Gasteiger partial charge on any atom is 0.226 e. The monoisotopic (exact) mass is 401 g/mol. The molecule has 1 aliphatic carbocycles. The number of pyridine rings is 1. The number of aromatic nitrogens is 4. The molecule has 0 unspecified atom stereocenters. The van der Waals surface area contributed by atoms with Crippen LogP contribution in [-0.4, -0.2) is 30.1 Å². The van der Waals surface area contributed by atoms with Crippen molar-refractivity contribution >= 4 is 5.91 Å². The van der Waals surface area contributed by atoms with Crippen LogP contribution in [0.25, 0.3) is 11.3 Å². The van der Waals surface area contributed by atoms with Crippen LogP contribution < -0.4 is 0 Å². The molecule has 0 radical (unpaired) electrons. The number of rotatable bonds is 4. The van der Waals surface area contributed by atoms with Crippen LogP contribution in [0.1, 0.15) is 49.7 Å². The molecule has 5 rings (SSSR count). The molecule has 1 amide bonds. The fraction of sp³-hybridized carbons (Fsp3) is 0.375.